The first kappa shape index (κ1) is 11.9. The van der Waals surface area contributed by atoms with Crippen molar-refractivity contribution < 1.29 is 5.11 Å². The Hall–Kier alpha value is -1.61. The molecule has 0 aliphatic rings. The van der Waals surface area contributed by atoms with E-state index in [-0.39, 0.29) is 5.75 Å². The molecule has 0 bridgehead atoms. The predicted molar refractivity (Wildman–Crippen MR) is 68.3 cm³/mol. The van der Waals surface area contributed by atoms with Crippen molar-refractivity contribution in [3.63, 3.8) is 0 Å². The summed E-state index contributed by atoms with van der Waals surface area (Å²) in [5.41, 5.74) is 2.61. The van der Waals surface area contributed by atoms with E-state index in [0.717, 1.165) is 23.2 Å². The molecule has 0 saturated heterocycles. The molecule has 2 aromatic rings. The number of halogens is 1. The fourth-order valence-electron chi connectivity index (χ4n) is 1.74. The molecule has 1 N–H and O–H groups in total. The highest BCUT2D eigenvalue weighted by Gasteiger charge is 2.10. The van der Waals surface area contributed by atoms with E-state index in [4.69, 9.17) is 11.6 Å². The van der Waals surface area contributed by atoms with Crippen LogP contribution in [0.3, 0.4) is 0 Å². The molecule has 0 fully saturated rings. The zero-order chi connectivity index (χ0) is 12.4. The number of aromatic nitrogens is 2. The maximum Gasteiger partial charge on any atom is 0.161 e. The molecule has 17 heavy (non-hydrogen) atoms. The molecule has 0 amide bonds. The second-order valence-electron chi connectivity index (χ2n) is 3.81. The van der Waals surface area contributed by atoms with Gasteiger partial charge in [-0.1, -0.05) is 30.7 Å². The van der Waals surface area contributed by atoms with Crippen LogP contribution in [0.5, 0.6) is 5.75 Å². The lowest BCUT2D eigenvalue weighted by Crippen LogP contribution is -1.99. The Morgan fingerprint density at radius 3 is 2.65 bits per heavy atom. The summed E-state index contributed by atoms with van der Waals surface area (Å²) < 4.78 is 0. The number of nitrogens with zero attached hydrogens (tertiary/aromatic N) is 2. The third kappa shape index (κ3) is 2.39. The third-order valence-electron chi connectivity index (χ3n) is 2.62. The van der Waals surface area contributed by atoms with Crippen molar-refractivity contribution in [1.82, 2.24) is 9.97 Å². The molecule has 88 valence electrons. The minimum atomic E-state index is 0.194. The molecular formula is C13H13ClN2O. The molecule has 1 aromatic carbocycles. The predicted octanol–water partition coefficient (Wildman–Crippen LogP) is 3.37. The van der Waals surface area contributed by atoms with E-state index < -0.39 is 0 Å². The van der Waals surface area contributed by atoms with E-state index in [1.807, 2.05) is 19.9 Å². The average Bonchev–Trinajstić information content (AvgIpc) is 2.28. The Morgan fingerprint density at radius 2 is 2.06 bits per heavy atom. The summed E-state index contributed by atoms with van der Waals surface area (Å²) in [5.74, 6) is 0.736. The van der Waals surface area contributed by atoms with Crippen molar-refractivity contribution in [2.75, 3.05) is 0 Å². The highest BCUT2D eigenvalue weighted by molar-refractivity contribution is 6.30. The van der Waals surface area contributed by atoms with Crippen LogP contribution in [0.25, 0.3) is 11.4 Å². The van der Waals surface area contributed by atoms with Gasteiger partial charge in [-0.2, -0.15) is 0 Å². The van der Waals surface area contributed by atoms with Crippen LogP contribution in [0.15, 0.2) is 24.3 Å². The number of rotatable bonds is 2. The maximum absolute atomic E-state index is 9.43. The monoisotopic (exact) mass is 248 g/mol. The van der Waals surface area contributed by atoms with E-state index in [0.29, 0.717) is 11.0 Å². The number of phenolic OH excluding ortho intramolecular Hbond substituents is 1. The Kier molecular flexibility index (Phi) is 3.29. The molecule has 0 aliphatic heterocycles. The standard InChI is InChI=1S/C13H13ClN2O/c1-3-11-8(2)15-13(16-12(11)14)9-5-4-6-10(17)7-9/h4-7,17H,3H2,1-2H3. The number of aromatic hydroxyl groups is 1. The minimum absolute atomic E-state index is 0.194. The van der Waals surface area contributed by atoms with Crippen LogP contribution in [0, 0.1) is 6.92 Å². The van der Waals surface area contributed by atoms with E-state index in [1.54, 1.807) is 18.2 Å². The van der Waals surface area contributed by atoms with Crippen LogP contribution in [-0.4, -0.2) is 15.1 Å². The molecular weight excluding hydrogens is 236 g/mol. The van der Waals surface area contributed by atoms with Crippen molar-refractivity contribution in [2.45, 2.75) is 20.3 Å². The highest BCUT2D eigenvalue weighted by atomic mass is 35.5. The van der Waals surface area contributed by atoms with Crippen LogP contribution in [0.1, 0.15) is 18.2 Å². The van der Waals surface area contributed by atoms with Gasteiger partial charge in [0.15, 0.2) is 5.82 Å². The smallest absolute Gasteiger partial charge is 0.161 e. The third-order valence-corrected chi connectivity index (χ3v) is 2.93. The zero-order valence-corrected chi connectivity index (χ0v) is 10.5. The number of hydrogen-bond acceptors (Lipinski definition) is 3. The van der Waals surface area contributed by atoms with Crippen molar-refractivity contribution in [3.8, 4) is 17.1 Å². The molecule has 0 saturated carbocycles. The van der Waals surface area contributed by atoms with Crippen molar-refractivity contribution >= 4 is 11.6 Å². The molecule has 1 heterocycles. The Bertz CT molecular complexity index is 532. The first-order valence-electron chi connectivity index (χ1n) is 5.44. The number of phenols is 1. The average molecular weight is 249 g/mol. The van der Waals surface area contributed by atoms with Gasteiger partial charge in [0.25, 0.3) is 0 Å². The lowest BCUT2D eigenvalue weighted by molar-refractivity contribution is 0.475. The van der Waals surface area contributed by atoms with E-state index >= 15 is 0 Å². The van der Waals surface area contributed by atoms with Gasteiger partial charge in [0.2, 0.25) is 0 Å². The largest absolute Gasteiger partial charge is 0.508 e. The Balaban J connectivity index is 2.54. The van der Waals surface area contributed by atoms with E-state index in [1.165, 1.54) is 0 Å². The molecule has 3 nitrogen and oxygen atoms in total. The zero-order valence-electron chi connectivity index (χ0n) is 9.74. The number of aryl methyl sites for hydroxylation is 1. The number of hydrogen-bond donors (Lipinski definition) is 1. The van der Waals surface area contributed by atoms with Crippen LogP contribution in [-0.2, 0) is 6.42 Å². The van der Waals surface area contributed by atoms with Crippen LogP contribution in [0.2, 0.25) is 5.15 Å². The summed E-state index contributed by atoms with van der Waals surface area (Å²) in [6.45, 7) is 3.93. The number of benzene rings is 1. The molecule has 0 aliphatic carbocycles. The Morgan fingerprint density at radius 1 is 1.29 bits per heavy atom. The summed E-state index contributed by atoms with van der Waals surface area (Å²) >= 11 is 6.11. The summed E-state index contributed by atoms with van der Waals surface area (Å²) in [7, 11) is 0. The van der Waals surface area contributed by atoms with Crippen LogP contribution < -0.4 is 0 Å². The molecule has 0 atom stereocenters. The molecule has 4 heteroatoms. The Labute approximate surface area is 105 Å². The summed E-state index contributed by atoms with van der Waals surface area (Å²) in [6, 6.07) is 6.83. The molecule has 0 spiro atoms. The first-order valence-corrected chi connectivity index (χ1v) is 5.82. The molecule has 0 unspecified atom stereocenters. The van der Waals surface area contributed by atoms with E-state index in [2.05, 4.69) is 9.97 Å². The lowest BCUT2D eigenvalue weighted by Gasteiger charge is -2.07. The van der Waals surface area contributed by atoms with Gasteiger partial charge >= 0.3 is 0 Å². The summed E-state index contributed by atoms with van der Waals surface area (Å²) in [4.78, 5) is 8.67. The second-order valence-corrected chi connectivity index (χ2v) is 4.16. The first-order chi connectivity index (χ1) is 8.11. The maximum atomic E-state index is 9.43. The van der Waals surface area contributed by atoms with Gasteiger partial charge < -0.3 is 5.11 Å². The molecule has 2 rings (SSSR count). The molecule has 0 radical (unpaired) electrons. The summed E-state index contributed by atoms with van der Waals surface area (Å²) in [6.07, 6.45) is 0.811. The SMILES string of the molecule is CCc1c(C)nc(-c2cccc(O)c2)nc1Cl. The fourth-order valence-corrected chi connectivity index (χ4v) is 2.09. The normalized spacial score (nSPS) is 10.5. The van der Waals surface area contributed by atoms with Gasteiger partial charge in [-0.25, -0.2) is 9.97 Å². The van der Waals surface area contributed by atoms with Gasteiger partial charge in [-0.05, 0) is 25.5 Å². The lowest BCUT2D eigenvalue weighted by atomic mass is 10.1. The van der Waals surface area contributed by atoms with Crippen molar-refractivity contribution in [1.29, 1.82) is 0 Å². The minimum Gasteiger partial charge on any atom is -0.508 e. The van der Waals surface area contributed by atoms with Crippen LogP contribution in [0.4, 0.5) is 0 Å². The second kappa shape index (κ2) is 4.72. The highest BCUT2D eigenvalue weighted by Crippen LogP contribution is 2.24. The van der Waals surface area contributed by atoms with Crippen molar-refractivity contribution in [3.05, 3.63) is 40.7 Å². The van der Waals surface area contributed by atoms with Crippen LogP contribution >= 0.6 is 11.6 Å². The van der Waals surface area contributed by atoms with Gasteiger partial charge in [-0.3, -0.25) is 0 Å². The fraction of sp³-hybridized carbons (Fsp3) is 0.231. The summed E-state index contributed by atoms with van der Waals surface area (Å²) in [5, 5.41) is 9.91. The molecule has 1 aromatic heterocycles. The van der Waals surface area contributed by atoms with Gasteiger partial charge in [0.05, 0.1) is 0 Å². The quantitative estimate of drug-likeness (QED) is 0.829. The van der Waals surface area contributed by atoms with Gasteiger partial charge in [0, 0.05) is 16.8 Å². The topological polar surface area (TPSA) is 46.0 Å². The van der Waals surface area contributed by atoms with E-state index in [9.17, 15) is 5.11 Å². The van der Waals surface area contributed by atoms with Gasteiger partial charge in [0.1, 0.15) is 10.9 Å². The van der Waals surface area contributed by atoms with Crippen molar-refractivity contribution in [2.24, 2.45) is 0 Å². The van der Waals surface area contributed by atoms with Gasteiger partial charge in [-0.15, -0.1) is 0 Å².